The molecule has 0 aromatic heterocycles. The van der Waals surface area contributed by atoms with Gasteiger partial charge in [0.15, 0.2) is 0 Å². The maximum Gasteiger partial charge on any atom is 0.243 e. The van der Waals surface area contributed by atoms with Crippen LogP contribution in [-0.2, 0) is 14.8 Å². The van der Waals surface area contributed by atoms with Crippen molar-refractivity contribution in [3.8, 4) is 5.75 Å². The summed E-state index contributed by atoms with van der Waals surface area (Å²) >= 11 is 0. The van der Waals surface area contributed by atoms with E-state index in [-0.39, 0.29) is 12.1 Å². The normalized spacial score (nSPS) is 23.3. The van der Waals surface area contributed by atoms with Gasteiger partial charge in [0.05, 0.1) is 12.0 Å². The summed E-state index contributed by atoms with van der Waals surface area (Å²) in [5.74, 6) is 0.652. The number of hydrogen-bond donors (Lipinski definition) is 0. The second-order valence-corrected chi connectivity index (χ2v) is 8.22. The molecule has 6 nitrogen and oxygen atoms in total. The molecule has 0 amide bonds. The highest BCUT2D eigenvalue weighted by Crippen LogP contribution is 2.24. The van der Waals surface area contributed by atoms with Gasteiger partial charge < -0.3 is 9.47 Å². The Bertz CT molecular complexity index is 606. The van der Waals surface area contributed by atoms with E-state index in [9.17, 15) is 8.42 Å². The van der Waals surface area contributed by atoms with Crippen molar-refractivity contribution in [2.45, 2.75) is 37.2 Å². The Kier molecular flexibility index (Phi) is 6.62. The van der Waals surface area contributed by atoms with Crippen molar-refractivity contribution in [2.75, 3.05) is 40.5 Å². The van der Waals surface area contributed by atoms with Crippen molar-refractivity contribution >= 4 is 10.0 Å². The van der Waals surface area contributed by atoms with Gasteiger partial charge in [-0.1, -0.05) is 0 Å². The number of piperazine rings is 1. The Morgan fingerprint density at radius 3 is 2.17 bits per heavy atom. The molecule has 0 aliphatic carbocycles. The highest BCUT2D eigenvalue weighted by Gasteiger charge is 2.35. The van der Waals surface area contributed by atoms with Crippen molar-refractivity contribution in [3.05, 3.63) is 24.3 Å². The molecule has 136 valence electrons. The minimum atomic E-state index is -3.48. The number of hydrogen-bond acceptors (Lipinski definition) is 5. The second kappa shape index (κ2) is 8.29. The number of rotatable bonds is 7. The number of benzene rings is 1. The van der Waals surface area contributed by atoms with Gasteiger partial charge in [-0.3, -0.25) is 4.90 Å². The van der Waals surface area contributed by atoms with Gasteiger partial charge in [-0.2, -0.15) is 4.31 Å². The number of methoxy groups -OCH3 is 2. The second-order valence-electron chi connectivity index (χ2n) is 6.28. The lowest BCUT2D eigenvalue weighted by molar-refractivity contribution is 0.0666. The zero-order chi connectivity index (χ0) is 17.7. The van der Waals surface area contributed by atoms with Crippen molar-refractivity contribution in [1.82, 2.24) is 9.21 Å². The smallest absolute Gasteiger partial charge is 0.243 e. The van der Waals surface area contributed by atoms with Crippen LogP contribution < -0.4 is 4.74 Å². The summed E-state index contributed by atoms with van der Waals surface area (Å²) in [6.07, 6.45) is 0.955. The predicted molar refractivity (Wildman–Crippen MR) is 93.9 cm³/mol. The van der Waals surface area contributed by atoms with E-state index >= 15 is 0 Å². The average Bonchev–Trinajstić information content (AvgIpc) is 2.57. The van der Waals surface area contributed by atoms with Gasteiger partial charge >= 0.3 is 0 Å². The molecule has 1 fully saturated rings. The van der Waals surface area contributed by atoms with E-state index in [1.807, 2.05) is 0 Å². The van der Waals surface area contributed by atoms with E-state index in [4.69, 9.17) is 9.47 Å². The Labute approximate surface area is 145 Å². The largest absolute Gasteiger partial charge is 0.497 e. The third kappa shape index (κ3) is 4.27. The lowest BCUT2D eigenvalue weighted by Crippen LogP contribution is -2.58. The van der Waals surface area contributed by atoms with E-state index in [2.05, 4.69) is 18.7 Å². The zero-order valence-corrected chi connectivity index (χ0v) is 15.8. The van der Waals surface area contributed by atoms with Gasteiger partial charge in [0.25, 0.3) is 0 Å². The molecule has 0 saturated carbocycles. The van der Waals surface area contributed by atoms with Crippen LogP contribution in [0.2, 0.25) is 0 Å². The molecule has 1 aromatic rings. The Morgan fingerprint density at radius 1 is 1.08 bits per heavy atom. The molecule has 1 saturated heterocycles. The first-order valence-corrected chi connectivity index (χ1v) is 9.73. The van der Waals surface area contributed by atoms with E-state index in [0.29, 0.717) is 23.7 Å². The first-order chi connectivity index (χ1) is 11.4. The summed E-state index contributed by atoms with van der Waals surface area (Å²) in [5.41, 5.74) is 0. The SMILES string of the molecule is COCCCN1C(C)CN(S(=O)(=O)c2ccc(OC)cc2)CC1C. The topological polar surface area (TPSA) is 59.1 Å². The molecule has 7 heteroatoms. The van der Waals surface area contributed by atoms with Crippen LogP contribution in [0.3, 0.4) is 0 Å². The van der Waals surface area contributed by atoms with Gasteiger partial charge in [0.1, 0.15) is 5.75 Å². The van der Waals surface area contributed by atoms with E-state index < -0.39 is 10.0 Å². The standard InChI is InChI=1S/C17H28N2O4S/c1-14-12-18(13-15(2)19(14)10-5-11-22-3)24(20,21)17-8-6-16(23-4)7-9-17/h6-9,14-15H,5,10-13H2,1-4H3. The van der Waals surface area contributed by atoms with Gasteiger partial charge in [-0.25, -0.2) is 8.42 Å². The molecule has 2 atom stereocenters. The molecule has 0 N–H and O–H groups in total. The van der Waals surface area contributed by atoms with Gasteiger partial charge in [-0.05, 0) is 44.5 Å². The third-order valence-electron chi connectivity index (χ3n) is 4.53. The van der Waals surface area contributed by atoms with Gasteiger partial charge in [0.2, 0.25) is 10.0 Å². The molecule has 1 aromatic carbocycles. The van der Waals surface area contributed by atoms with Gasteiger partial charge in [0, 0.05) is 45.4 Å². The van der Waals surface area contributed by atoms with Crippen LogP contribution in [-0.4, -0.2) is 70.2 Å². The van der Waals surface area contributed by atoms with Crippen LogP contribution in [0.15, 0.2) is 29.2 Å². The zero-order valence-electron chi connectivity index (χ0n) is 14.9. The minimum absolute atomic E-state index is 0.179. The lowest BCUT2D eigenvalue weighted by atomic mass is 10.1. The van der Waals surface area contributed by atoms with E-state index in [0.717, 1.165) is 19.6 Å². The molecule has 1 heterocycles. The molecular formula is C17H28N2O4S. The number of nitrogens with zero attached hydrogens (tertiary/aromatic N) is 2. The molecule has 0 bridgehead atoms. The Hall–Kier alpha value is -1.15. The van der Waals surface area contributed by atoms with E-state index in [1.165, 1.54) is 0 Å². The van der Waals surface area contributed by atoms with Crippen molar-refractivity contribution < 1.29 is 17.9 Å². The van der Waals surface area contributed by atoms with E-state index in [1.54, 1.807) is 42.8 Å². The quantitative estimate of drug-likeness (QED) is 0.698. The van der Waals surface area contributed by atoms with Crippen LogP contribution in [0.4, 0.5) is 0 Å². The fourth-order valence-electron chi connectivity index (χ4n) is 3.23. The highest BCUT2D eigenvalue weighted by molar-refractivity contribution is 7.89. The molecular weight excluding hydrogens is 328 g/mol. The summed E-state index contributed by atoms with van der Waals surface area (Å²) in [4.78, 5) is 2.68. The van der Waals surface area contributed by atoms with Crippen LogP contribution >= 0.6 is 0 Å². The molecule has 24 heavy (non-hydrogen) atoms. The maximum atomic E-state index is 12.9. The minimum Gasteiger partial charge on any atom is -0.497 e. The highest BCUT2D eigenvalue weighted by atomic mass is 32.2. The average molecular weight is 356 g/mol. The van der Waals surface area contributed by atoms with Crippen molar-refractivity contribution in [1.29, 1.82) is 0 Å². The molecule has 0 spiro atoms. The molecule has 1 aliphatic heterocycles. The van der Waals surface area contributed by atoms with Gasteiger partial charge in [-0.15, -0.1) is 0 Å². The van der Waals surface area contributed by atoms with Crippen LogP contribution in [0.1, 0.15) is 20.3 Å². The molecule has 1 aliphatic rings. The van der Waals surface area contributed by atoms with Crippen LogP contribution in [0.5, 0.6) is 5.75 Å². The lowest BCUT2D eigenvalue weighted by Gasteiger charge is -2.43. The summed E-state index contributed by atoms with van der Waals surface area (Å²) in [7, 11) is -0.209. The predicted octanol–water partition coefficient (Wildman–Crippen LogP) is 1.81. The molecule has 0 radical (unpaired) electrons. The number of ether oxygens (including phenoxy) is 2. The molecule has 2 rings (SSSR count). The number of sulfonamides is 1. The van der Waals surface area contributed by atoms with Crippen LogP contribution in [0.25, 0.3) is 0 Å². The van der Waals surface area contributed by atoms with Crippen LogP contribution in [0, 0.1) is 0 Å². The first kappa shape index (κ1) is 19.2. The summed E-state index contributed by atoms with van der Waals surface area (Å²) in [6, 6.07) is 6.93. The monoisotopic (exact) mass is 356 g/mol. The third-order valence-corrected chi connectivity index (χ3v) is 6.38. The Balaban J connectivity index is 2.09. The maximum absolute atomic E-state index is 12.9. The van der Waals surface area contributed by atoms with Crippen molar-refractivity contribution in [3.63, 3.8) is 0 Å². The summed E-state index contributed by atoms with van der Waals surface area (Å²) in [6.45, 7) is 6.83. The Morgan fingerprint density at radius 2 is 1.67 bits per heavy atom. The fourth-order valence-corrected chi connectivity index (χ4v) is 4.84. The first-order valence-electron chi connectivity index (χ1n) is 8.29. The molecule has 2 unspecified atom stereocenters. The fraction of sp³-hybridized carbons (Fsp3) is 0.647. The summed E-state index contributed by atoms with van der Waals surface area (Å²) in [5, 5.41) is 0. The summed E-state index contributed by atoms with van der Waals surface area (Å²) < 4.78 is 37.6. The van der Waals surface area contributed by atoms with Crippen molar-refractivity contribution in [2.24, 2.45) is 0 Å².